The van der Waals surface area contributed by atoms with E-state index >= 15 is 0 Å². The zero-order valence-corrected chi connectivity index (χ0v) is 11.0. The summed E-state index contributed by atoms with van der Waals surface area (Å²) in [6, 6.07) is 0.0589. The van der Waals surface area contributed by atoms with Gasteiger partial charge in [-0.3, -0.25) is 9.89 Å². The van der Waals surface area contributed by atoms with Crippen LogP contribution < -0.4 is 5.32 Å². The number of carbonyl (C=O) groups excluding carboxylic acids is 1. The molecule has 1 aliphatic rings. The number of H-pyrrole nitrogens is 1. The minimum atomic E-state index is -0.311. The number of carbonyl (C=O) groups is 1. The van der Waals surface area contributed by atoms with Gasteiger partial charge in [-0.05, 0) is 19.4 Å². The smallest absolute Gasteiger partial charge is 0.295 e. The monoisotopic (exact) mass is 277 g/mol. The highest BCUT2D eigenvalue weighted by atomic mass is 16.5. The van der Waals surface area contributed by atoms with Crippen LogP contribution in [-0.4, -0.2) is 49.7 Å². The zero-order valence-electron chi connectivity index (χ0n) is 11.0. The van der Waals surface area contributed by atoms with E-state index in [4.69, 9.17) is 4.52 Å². The molecule has 1 atom stereocenters. The van der Waals surface area contributed by atoms with Crippen molar-refractivity contribution in [2.24, 2.45) is 0 Å². The van der Waals surface area contributed by atoms with Crippen LogP contribution in [0.4, 0.5) is 0 Å². The number of aromatic nitrogens is 5. The normalized spacial score (nSPS) is 18.4. The predicted molar refractivity (Wildman–Crippen MR) is 66.5 cm³/mol. The lowest BCUT2D eigenvalue weighted by atomic mass is 10.2. The third-order valence-corrected chi connectivity index (χ3v) is 3.19. The molecule has 1 aliphatic heterocycles. The maximum atomic E-state index is 12.2. The van der Waals surface area contributed by atoms with Crippen molar-refractivity contribution in [3.8, 4) is 0 Å². The second kappa shape index (κ2) is 5.37. The first-order valence-electron chi connectivity index (χ1n) is 6.41. The molecule has 9 heteroatoms. The van der Waals surface area contributed by atoms with Gasteiger partial charge in [-0.1, -0.05) is 5.16 Å². The molecule has 2 aromatic heterocycles. The van der Waals surface area contributed by atoms with Gasteiger partial charge in [0.2, 0.25) is 5.89 Å². The summed E-state index contributed by atoms with van der Waals surface area (Å²) in [7, 11) is 1.65. The predicted octanol–water partition coefficient (Wildman–Crippen LogP) is -0.116. The molecule has 3 heterocycles. The Morgan fingerprint density at radius 2 is 2.50 bits per heavy atom. The van der Waals surface area contributed by atoms with Crippen molar-refractivity contribution in [3.05, 3.63) is 23.9 Å². The van der Waals surface area contributed by atoms with E-state index in [1.807, 2.05) is 0 Å². The van der Waals surface area contributed by atoms with Crippen molar-refractivity contribution in [3.63, 3.8) is 0 Å². The Hall–Kier alpha value is -2.29. The van der Waals surface area contributed by atoms with Crippen molar-refractivity contribution in [2.45, 2.75) is 25.4 Å². The molecule has 0 bridgehead atoms. The van der Waals surface area contributed by atoms with Crippen LogP contribution in [0.1, 0.15) is 41.2 Å². The van der Waals surface area contributed by atoms with Gasteiger partial charge in [0.05, 0.1) is 12.6 Å². The minimum absolute atomic E-state index is 0.0589. The molecule has 0 aromatic carbocycles. The lowest BCUT2D eigenvalue weighted by Gasteiger charge is -2.12. The van der Waals surface area contributed by atoms with E-state index in [0.717, 1.165) is 19.4 Å². The van der Waals surface area contributed by atoms with E-state index in [1.54, 1.807) is 7.05 Å². The molecule has 1 saturated heterocycles. The molecule has 9 nitrogen and oxygen atoms in total. The molecular formula is C11H15N7O2. The summed E-state index contributed by atoms with van der Waals surface area (Å²) in [5, 5.41) is 13.4. The average molecular weight is 277 g/mol. The third-order valence-electron chi connectivity index (χ3n) is 3.19. The van der Waals surface area contributed by atoms with Crippen LogP contribution in [0.25, 0.3) is 0 Å². The van der Waals surface area contributed by atoms with Crippen LogP contribution in [0, 0.1) is 0 Å². The van der Waals surface area contributed by atoms with Crippen LogP contribution in [0.15, 0.2) is 10.9 Å². The average Bonchev–Trinajstić information content (AvgIpc) is 3.18. The summed E-state index contributed by atoms with van der Waals surface area (Å²) in [5.41, 5.74) is 0. The topological polar surface area (TPSA) is 113 Å². The Morgan fingerprint density at radius 3 is 3.20 bits per heavy atom. The Kier molecular flexibility index (Phi) is 3.42. The molecule has 20 heavy (non-hydrogen) atoms. The first kappa shape index (κ1) is 12.7. The number of hydrogen-bond donors (Lipinski definition) is 2. The molecular weight excluding hydrogens is 262 g/mol. The molecule has 0 radical (unpaired) electrons. The molecule has 106 valence electrons. The van der Waals surface area contributed by atoms with E-state index in [9.17, 15) is 4.79 Å². The summed E-state index contributed by atoms with van der Waals surface area (Å²) < 4.78 is 5.15. The second-order valence-corrected chi connectivity index (χ2v) is 4.70. The molecule has 0 spiro atoms. The van der Waals surface area contributed by atoms with Crippen LogP contribution >= 0.6 is 0 Å². The standard InChI is InChI=1S/C11H15N7O2/c1-18(5-8-13-6-14-16-8)11(19)9-15-10(20-17-9)7-3-2-4-12-7/h6-7,12H,2-5H2,1H3,(H,13,14,16). The second-order valence-electron chi connectivity index (χ2n) is 4.70. The van der Waals surface area contributed by atoms with Gasteiger partial charge < -0.3 is 14.7 Å². The van der Waals surface area contributed by atoms with Crippen LogP contribution in [0.2, 0.25) is 0 Å². The fraction of sp³-hybridized carbons (Fsp3) is 0.545. The molecule has 0 saturated carbocycles. The van der Waals surface area contributed by atoms with Crippen LogP contribution in [0.5, 0.6) is 0 Å². The Morgan fingerprint density at radius 1 is 1.60 bits per heavy atom. The van der Waals surface area contributed by atoms with Crippen molar-refractivity contribution < 1.29 is 9.32 Å². The lowest BCUT2D eigenvalue weighted by molar-refractivity contribution is 0.0766. The van der Waals surface area contributed by atoms with Gasteiger partial charge in [0.15, 0.2) is 0 Å². The summed E-state index contributed by atoms with van der Waals surface area (Å²) in [6.07, 6.45) is 3.41. The van der Waals surface area contributed by atoms with Crippen molar-refractivity contribution >= 4 is 5.91 Å². The zero-order chi connectivity index (χ0) is 13.9. The molecule has 1 fully saturated rings. The van der Waals surface area contributed by atoms with Gasteiger partial charge in [0.25, 0.3) is 11.7 Å². The SMILES string of the molecule is CN(Cc1ncn[nH]1)C(=O)c1noc(C2CCCN2)n1. The first-order chi connectivity index (χ1) is 9.74. The highest BCUT2D eigenvalue weighted by molar-refractivity contribution is 5.90. The largest absolute Gasteiger partial charge is 0.337 e. The highest BCUT2D eigenvalue weighted by Gasteiger charge is 2.25. The summed E-state index contributed by atoms with van der Waals surface area (Å²) >= 11 is 0. The maximum Gasteiger partial charge on any atom is 0.295 e. The molecule has 1 amide bonds. The minimum Gasteiger partial charge on any atom is -0.337 e. The fourth-order valence-corrected chi connectivity index (χ4v) is 2.13. The summed E-state index contributed by atoms with van der Waals surface area (Å²) in [4.78, 5) is 21.7. The van der Waals surface area contributed by atoms with Crippen molar-refractivity contribution in [1.29, 1.82) is 0 Å². The van der Waals surface area contributed by atoms with Gasteiger partial charge in [-0.15, -0.1) is 0 Å². The van der Waals surface area contributed by atoms with E-state index in [0.29, 0.717) is 18.3 Å². The summed E-state index contributed by atoms with van der Waals surface area (Å²) in [6.45, 7) is 1.24. The lowest BCUT2D eigenvalue weighted by Crippen LogP contribution is -2.27. The van der Waals surface area contributed by atoms with Gasteiger partial charge in [-0.25, -0.2) is 4.98 Å². The summed E-state index contributed by atoms with van der Waals surface area (Å²) in [5.74, 6) is 0.825. The number of nitrogens with zero attached hydrogens (tertiary/aromatic N) is 5. The van der Waals surface area contributed by atoms with E-state index in [1.165, 1.54) is 11.2 Å². The Bertz CT molecular complexity index is 573. The van der Waals surface area contributed by atoms with Gasteiger partial charge >= 0.3 is 0 Å². The van der Waals surface area contributed by atoms with Crippen molar-refractivity contribution in [1.82, 2.24) is 35.5 Å². The van der Waals surface area contributed by atoms with Crippen LogP contribution in [0.3, 0.4) is 0 Å². The van der Waals surface area contributed by atoms with Gasteiger partial charge in [0, 0.05) is 7.05 Å². The Labute approximate surface area is 114 Å². The van der Waals surface area contributed by atoms with Gasteiger partial charge in [-0.2, -0.15) is 10.1 Å². The van der Waals surface area contributed by atoms with E-state index in [2.05, 4.69) is 30.6 Å². The maximum absolute atomic E-state index is 12.2. The fourth-order valence-electron chi connectivity index (χ4n) is 2.13. The molecule has 2 aromatic rings. The number of rotatable bonds is 4. The number of amides is 1. The quantitative estimate of drug-likeness (QED) is 0.801. The molecule has 3 rings (SSSR count). The molecule has 0 aliphatic carbocycles. The molecule has 1 unspecified atom stereocenters. The first-order valence-corrected chi connectivity index (χ1v) is 6.41. The van der Waals surface area contributed by atoms with Crippen molar-refractivity contribution in [2.75, 3.05) is 13.6 Å². The number of aromatic amines is 1. The van der Waals surface area contributed by atoms with Crippen LogP contribution in [-0.2, 0) is 6.54 Å². The van der Waals surface area contributed by atoms with E-state index in [-0.39, 0.29) is 17.8 Å². The highest BCUT2D eigenvalue weighted by Crippen LogP contribution is 2.21. The third kappa shape index (κ3) is 2.52. The van der Waals surface area contributed by atoms with E-state index < -0.39 is 0 Å². The molecule has 2 N–H and O–H groups in total. The number of nitrogens with one attached hydrogen (secondary N) is 2. The number of hydrogen-bond acceptors (Lipinski definition) is 7. The Balaban J connectivity index is 1.67. The van der Waals surface area contributed by atoms with Gasteiger partial charge in [0.1, 0.15) is 12.2 Å².